The highest BCUT2D eigenvalue weighted by molar-refractivity contribution is 6.67. The maximum Gasteiger partial charge on any atom is 0.215 e. The molecule has 2 nitrogen and oxygen atoms in total. The van der Waals surface area contributed by atoms with Gasteiger partial charge in [-0.3, -0.25) is 0 Å². The summed E-state index contributed by atoms with van der Waals surface area (Å²) < 4.78 is 0. The Kier molecular flexibility index (Phi) is 3.65. The van der Waals surface area contributed by atoms with Gasteiger partial charge in [-0.15, -0.1) is 0 Å². The molecule has 111 valence electrons. The number of benzene rings is 3. The number of aromatic amines is 1. The van der Waals surface area contributed by atoms with E-state index in [0.29, 0.717) is 5.56 Å². The number of aromatic nitrogens is 1. The summed E-state index contributed by atoms with van der Waals surface area (Å²) in [6.07, 6.45) is 0. The van der Waals surface area contributed by atoms with Crippen LogP contribution >= 0.6 is 0 Å². The largest absolute Gasteiger partial charge is 0.366 e. The van der Waals surface area contributed by atoms with Crippen molar-refractivity contribution < 1.29 is 0 Å². The molecular weight excluding hydrogens is 291 g/mol. The monoisotopic (exact) mass is 305 g/mol. The van der Waals surface area contributed by atoms with E-state index in [4.69, 9.17) is 0 Å². The fourth-order valence-corrected chi connectivity index (χ4v) is 2.91. The number of hydrogen-bond donors (Lipinski definition) is 1. The van der Waals surface area contributed by atoms with Gasteiger partial charge in [-0.25, -0.2) is 0 Å². The van der Waals surface area contributed by atoms with Gasteiger partial charge in [0.1, 0.15) is 6.07 Å². The second kappa shape index (κ2) is 6.10. The van der Waals surface area contributed by atoms with Crippen LogP contribution in [0.3, 0.4) is 0 Å². The van der Waals surface area contributed by atoms with E-state index < -0.39 is 0 Å². The molecular formula is C21H14BN2. The van der Waals surface area contributed by atoms with Crippen LogP contribution in [-0.2, 0) is 0 Å². The van der Waals surface area contributed by atoms with Gasteiger partial charge in [-0.1, -0.05) is 78.3 Å². The third-order valence-corrected chi connectivity index (χ3v) is 4.14. The molecule has 1 N–H and O–H groups in total. The lowest BCUT2D eigenvalue weighted by molar-refractivity contribution is 1.44. The topological polar surface area (TPSA) is 39.6 Å². The van der Waals surface area contributed by atoms with Crippen molar-refractivity contribution in [2.45, 2.75) is 0 Å². The van der Waals surface area contributed by atoms with Crippen LogP contribution in [0.5, 0.6) is 0 Å². The quantitative estimate of drug-likeness (QED) is 0.579. The number of hydrogen-bond acceptors (Lipinski definition) is 1. The lowest BCUT2D eigenvalue weighted by Crippen LogP contribution is -2.29. The summed E-state index contributed by atoms with van der Waals surface area (Å²) in [6.45, 7) is 0. The van der Waals surface area contributed by atoms with Crippen molar-refractivity contribution >= 4 is 29.1 Å². The predicted octanol–water partition coefficient (Wildman–Crippen LogP) is 3.36. The predicted molar refractivity (Wildman–Crippen MR) is 99.9 cm³/mol. The Morgan fingerprint density at radius 1 is 0.792 bits per heavy atom. The van der Waals surface area contributed by atoms with E-state index >= 15 is 0 Å². The Bertz CT molecular complexity index is 1040. The van der Waals surface area contributed by atoms with Crippen LogP contribution in [0.2, 0.25) is 0 Å². The van der Waals surface area contributed by atoms with Crippen LogP contribution in [0, 0.1) is 11.3 Å². The summed E-state index contributed by atoms with van der Waals surface area (Å²) >= 11 is 0. The first-order valence-corrected chi connectivity index (χ1v) is 7.85. The SMILES string of the molecule is N#Cc1cc(-c2ccccc2)[nH]c1[B]c1ccc2ccccc2c1. The van der Waals surface area contributed by atoms with Crippen LogP contribution in [0.25, 0.3) is 22.0 Å². The molecule has 0 amide bonds. The van der Waals surface area contributed by atoms with E-state index in [1.54, 1.807) is 0 Å². The van der Waals surface area contributed by atoms with Gasteiger partial charge in [-0.05, 0) is 28.0 Å². The molecule has 3 aromatic carbocycles. The maximum atomic E-state index is 9.44. The first-order chi connectivity index (χ1) is 11.8. The number of nitrogens with zero attached hydrogens (tertiary/aromatic N) is 1. The second-order valence-electron chi connectivity index (χ2n) is 5.74. The van der Waals surface area contributed by atoms with E-state index in [1.165, 1.54) is 10.8 Å². The summed E-state index contributed by atoms with van der Waals surface area (Å²) in [7, 11) is 2.03. The molecule has 3 heteroatoms. The molecule has 0 unspecified atom stereocenters. The Balaban J connectivity index is 1.71. The number of rotatable bonds is 3. The first-order valence-electron chi connectivity index (χ1n) is 7.85. The summed E-state index contributed by atoms with van der Waals surface area (Å²) in [5, 5.41) is 11.8. The van der Waals surface area contributed by atoms with Gasteiger partial charge in [0, 0.05) is 5.69 Å². The average Bonchev–Trinajstić information content (AvgIpc) is 3.05. The van der Waals surface area contributed by atoms with Gasteiger partial charge in [0.05, 0.1) is 5.56 Å². The molecule has 4 rings (SSSR count). The summed E-state index contributed by atoms with van der Waals surface area (Å²) in [5.41, 5.74) is 4.60. The van der Waals surface area contributed by atoms with E-state index in [-0.39, 0.29) is 0 Å². The minimum Gasteiger partial charge on any atom is -0.366 e. The zero-order valence-corrected chi connectivity index (χ0v) is 13.0. The van der Waals surface area contributed by atoms with Crippen LogP contribution < -0.4 is 11.1 Å². The van der Waals surface area contributed by atoms with Gasteiger partial charge in [-0.2, -0.15) is 5.26 Å². The Morgan fingerprint density at radius 3 is 2.33 bits per heavy atom. The summed E-state index contributed by atoms with van der Waals surface area (Å²) in [4.78, 5) is 3.37. The van der Waals surface area contributed by atoms with Crippen LogP contribution in [0.1, 0.15) is 5.56 Å². The van der Waals surface area contributed by atoms with Crippen molar-refractivity contribution in [1.82, 2.24) is 4.98 Å². The van der Waals surface area contributed by atoms with Crippen molar-refractivity contribution in [1.29, 1.82) is 5.26 Å². The standard InChI is InChI=1S/C21H14BN2/c23-14-18-13-20(16-7-2-1-3-8-16)24-21(18)22-19-11-10-15-6-4-5-9-17(15)12-19/h1-13,24H. The fraction of sp³-hybridized carbons (Fsp3) is 0. The molecule has 24 heavy (non-hydrogen) atoms. The molecule has 1 radical (unpaired) electrons. The molecule has 0 atom stereocenters. The molecule has 1 aromatic heterocycles. The minimum absolute atomic E-state index is 0.655. The molecule has 0 saturated heterocycles. The summed E-state index contributed by atoms with van der Waals surface area (Å²) in [5.74, 6) is 0. The highest BCUT2D eigenvalue weighted by Gasteiger charge is 2.11. The molecule has 0 aliphatic carbocycles. The molecule has 0 saturated carbocycles. The first kappa shape index (κ1) is 14.4. The maximum absolute atomic E-state index is 9.44. The Hall–Kier alpha value is -3.25. The molecule has 0 aliphatic heterocycles. The fourth-order valence-electron chi connectivity index (χ4n) is 2.91. The third kappa shape index (κ3) is 2.70. The molecule has 4 aromatic rings. The number of nitriles is 1. The van der Waals surface area contributed by atoms with E-state index in [2.05, 4.69) is 41.4 Å². The molecule has 1 heterocycles. The van der Waals surface area contributed by atoms with Gasteiger partial charge in [0.15, 0.2) is 0 Å². The van der Waals surface area contributed by atoms with Crippen molar-refractivity contribution in [3.63, 3.8) is 0 Å². The van der Waals surface area contributed by atoms with Gasteiger partial charge in [0.2, 0.25) is 7.28 Å². The van der Waals surface area contributed by atoms with Crippen LogP contribution in [0.4, 0.5) is 0 Å². The zero-order chi connectivity index (χ0) is 16.4. The third-order valence-electron chi connectivity index (χ3n) is 4.14. The van der Waals surface area contributed by atoms with Gasteiger partial charge in [0.25, 0.3) is 0 Å². The molecule has 0 aliphatic rings. The lowest BCUT2D eigenvalue weighted by Gasteiger charge is -2.03. The summed E-state index contributed by atoms with van der Waals surface area (Å²) in [6, 6.07) is 28.8. The van der Waals surface area contributed by atoms with Crippen LogP contribution in [-0.4, -0.2) is 12.3 Å². The van der Waals surface area contributed by atoms with Crippen molar-refractivity contribution in [2.75, 3.05) is 0 Å². The number of H-pyrrole nitrogens is 1. The molecule has 0 bridgehead atoms. The molecule has 0 spiro atoms. The number of nitrogens with one attached hydrogen (secondary N) is 1. The number of fused-ring (bicyclic) bond motifs is 1. The normalized spacial score (nSPS) is 10.5. The van der Waals surface area contributed by atoms with Gasteiger partial charge < -0.3 is 4.98 Å². The minimum atomic E-state index is 0.655. The van der Waals surface area contributed by atoms with Crippen molar-refractivity contribution in [3.05, 3.63) is 84.4 Å². The van der Waals surface area contributed by atoms with Crippen molar-refractivity contribution in [3.8, 4) is 17.3 Å². The second-order valence-corrected chi connectivity index (χ2v) is 5.74. The van der Waals surface area contributed by atoms with E-state index in [9.17, 15) is 5.26 Å². The Labute approximate surface area is 141 Å². The van der Waals surface area contributed by atoms with E-state index in [0.717, 1.165) is 22.3 Å². The van der Waals surface area contributed by atoms with E-state index in [1.807, 2.05) is 55.8 Å². The van der Waals surface area contributed by atoms with Gasteiger partial charge >= 0.3 is 0 Å². The smallest absolute Gasteiger partial charge is 0.215 e. The van der Waals surface area contributed by atoms with Crippen molar-refractivity contribution in [2.24, 2.45) is 0 Å². The van der Waals surface area contributed by atoms with Crippen LogP contribution in [0.15, 0.2) is 78.9 Å². The highest BCUT2D eigenvalue weighted by Crippen LogP contribution is 2.17. The zero-order valence-electron chi connectivity index (χ0n) is 13.0. The Morgan fingerprint density at radius 2 is 1.54 bits per heavy atom. The molecule has 0 fully saturated rings. The average molecular weight is 305 g/mol. The highest BCUT2D eigenvalue weighted by atomic mass is 14.7. The lowest BCUT2D eigenvalue weighted by atomic mass is 9.65.